The SMILES string of the molecule is N#Cc1ccccc1-c1ccc(-c2nc(-c3ccc4c(c3)CCC4N[C@H]3C[C@H](C(=O)O)C3)no2)cc1Cl. The Bertz CT molecular complexity index is 1550. The normalized spacial score (nSPS) is 20.2. The maximum Gasteiger partial charge on any atom is 0.306 e. The number of halogens is 1. The molecule has 8 heteroatoms. The summed E-state index contributed by atoms with van der Waals surface area (Å²) >= 11 is 6.58. The molecule has 6 rings (SSSR count). The van der Waals surface area contributed by atoms with Crippen molar-refractivity contribution in [3.8, 4) is 40.0 Å². The largest absolute Gasteiger partial charge is 0.481 e. The number of carbonyl (C=O) groups is 1. The summed E-state index contributed by atoms with van der Waals surface area (Å²) in [5, 5.41) is 26.8. The first-order valence-corrected chi connectivity index (χ1v) is 12.6. The topological polar surface area (TPSA) is 112 Å². The van der Waals surface area contributed by atoms with Crippen LogP contribution in [0.5, 0.6) is 0 Å². The molecule has 1 aromatic heterocycles. The van der Waals surface area contributed by atoms with Crippen LogP contribution in [0, 0.1) is 17.2 Å². The van der Waals surface area contributed by atoms with Crippen LogP contribution in [0.3, 0.4) is 0 Å². The molecule has 4 aromatic rings. The molecule has 1 unspecified atom stereocenters. The van der Waals surface area contributed by atoms with Crippen LogP contribution in [-0.4, -0.2) is 27.3 Å². The van der Waals surface area contributed by atoms with Crippen molar-refractivity contribution in [1.82, 2.24) is 15.5 Å². The average Bonchev–Trinajstić information content (AvgIpc) is 3.53. The lowest BCUT2D eigenvalue weighted by atomic mass is 9.80. The zero-order valence-corrected chi connectivity index (χ0v) is 20.6. The van der Waals surface area contributed by atoms with Gasteiger partial charge in [0, 0.05) is 39.4 Å². The molecular formula is C29H23ClN4O3. The lowest BCUT2D eigenvalue weighted by Gasteiger charge is -2.35. The number of benzene rings is 3. The molecule has 1 atom stereocenters. The zero-order chi connectivity index (χ0) is 25.5. The van der Waals surface area contributed by atoms with Crippen LogP contribution >= 0.6 is 11.6 Å². The van der Waals surface area contributed by atoms with Gasteiger partial charge in [-0.25, -0.2) is 0 Å². The standard InChI is InChI=1S/C29H23ClN4O3/c30-25-14-18(6-9-24(25)22-4-2-1-3-19(22)15-31)28-33-27(34-37-28)17-5-8-23-16(11-17)7-10-26(23)32-21-12-20(13-21)29(35)36/h1-6,8-9,11,14,20-21,26,32H,7,10,12-13H2,(H,35,36)/t20-,21-,26?. The molecule has 2 N–H and O–H groups in total. The van der Waals surface area contributed by atoms with Crippen LogP contribution in [0.1, 0.15) is 42.0 Å². The van der Waals surface area contributed by atoms with Gasteiger partial charge in [0.1, 0.15) is 0 Å². The third-order valence-corrected chi connectivity index (χ3v) is 7.70. The van der Waals surface area contributed by atoms with Crippen molar-refractivity contribution >= 4 is 17.6 Å². The van der Waals surface area contributed by atoms with E-state index in [1.54, 1.807) is 12.1 Å². The molecule has 0 radical (unpaired) electrons. The van der Waals surface area contributed by atoms with Gasteiger partial charge in [-0.15, -0.1) is 0 Å². The Labute approximate surface area is 218 Å². The van der Waals surface area contributed by atoms with Gasteiger partial charge in [0.15, 0.2) is 0 Å². The molecule has 37 heavy (non-hydrogen) atoms. The minimum Gasteiger partial charge on any atom is -0.481 e. The fraction of sp³-hybridized carbons (Fsp3) is 0.241. The summed E-state index contributed by atoms with van der Waals surface area (Å²) < 4.78 is 5.56. The summed E-state index contributed by atoms with van der Waals surface area (Å²) in [4.78, 5) is 15.7. The van der Waals surface area contributed by atoms with Crippen LogP contribution < -0.4 is 5.32 Å². The smallest absolute Gasteiger partial charge is 0.306 e. The highest BCUT2D eigenvalue weighted by molar-refractivity contribution is 6.33. The Balaban J connectivity index is 1.19. The minimum atomic E-state index is -0.698. The van der Waals surface area contributed by atoms with E-state index in [0.29, 0.717) is 40.7 Å². The number of aromatic nitrogens is 2. The number of aryl methyl sites for hydroxylation is 1. The first-order valence-electron chi connectivity index (χ1n) is 12.3. The van der Waals surface area contributed by atoms with Crippen molar-refractivity contribution in [3.63, 3.8) is 0 Å². The van der Waals surface area contributed by atoms with E-state index in [1.807, 2.05) is 36.4 Å². The van der Waals surface area contributed by atoms with E-state index in [-0.39, 0.29) is 18.0 Å². The average molecular weight is 511 g/mol. The fourth-order valence-electron chi connectivity index (χ4n) is 5.31. The molecule has 3 aromatic carbocycles. The Morgan fingerprint density at radius 3 is 2.68 bits per heavy atom. The summed E-state index contributed by atoms with van der Waals surface area (Å²) in [6, 6.07) is 21.8. The summed E-state index contributed by atoms with van der Waals surface area (Å²) in [6.07, 6.45) is 3.33. The van der Waals surface area contributed by atoms with Gasteiger partial charge < -0.3 is 14.9 Å². The van der Waals surface area contributed by atoms with Crippen molar-refractivity contribution in [2.45, 2.75) is 37.8 Å². The molecule has 184 valence electrons. The van der Waals surface area contributed by atoms with Crippen molar-refractivity contribution < 1.29 is 14.4 Å². The number of hydrogen-bond donors (Lipinski definition) is 2. The Hall–Kier alpha value is -3.99. The Morgan fingerprint density at radius 1 is 1.08 bits per heavy atom. The molecule has 0 saturated heterocycles. The predicted octanol–water partition coefficient (Wildman–Crippen LogP) is 6.04. The summed E-state index contributed by atoms with van der Waals surface area (Å²) in [7, 11) is 0. The summed E-state index contributed by atoms with van der Waals surface area (Å²) in [5.41, 5.74) is 6.19. The van der Waals surface area contributed by atoms with Gasteiger partial charge in [-0.1, -0.05) is 53.2 Å². The number of nitriles is 1. The van der Waals surface area contributed by atoms with Gasteiger partial charge in [0.05, 0.1) is 17.6 Å². The van der Waals surface area contributed by atoms with E-state index in [2.05, 4.69) is 33.7 Å². The first-order chi connectivity index (χ1) is 18.0. The number of rotatable bonds is 6. The summed E-state index contributed by atoms with van der Waals surface area (Å²) in [5.74, 6) is -0.0354. The van der Waals surface area contributed by atoms with E-state index >= 15 is 0 Å². The van der Waals surface area contributed by atoms with Gasteiger partial charge in [-0.3, -0.25) is 4.79 Å². The van der Waals surface area contributed by atoms with Crippen LogP contribution in [0.25, 0.3) is 34.0 Å². The zero-order valence-electron chi connectivity index (χ0n) is 19.8. The number of nitrogens with zero attached hydrogens (tertiary/aromatic N) is 3. The second-order valence-electron chi connectivity index (χ2n) is 9.65. The predicted molar refractivity (Wildman–Crippen MR) is 139 cm³/mol. The second-order valence-corrected chi connectivity index (χ2v) is 10.1. The van der Waals surface area contributed by atoms with E-state index in [4.69, 9.17) is 21.2 Å². The third-order valence-electron chi connectivity index (χ3n) is 7.38. The molecule has 0 amide bonds. The van der Waals surface area contributed by atoms with Crippen molar-refractivity contribution in [1.29, 1.82) is 5.26 Å². The van der Waals surface area contributed by atoms with Gasteiger partial charge in [-0.2, -0.15) is 10.2 Å². The van der Waals surface area contributed by atoms with E-state index in [0.717, 1.165) is 29.5 Å². The molecular weight excluding hydrogens is 488 g/mol. The summed E-state index contributed by atoms with van der Waals surface area (Å²) in [6.45, 7) is 0. The minimum absolute atomic E-state index is 0.215. The fourth-order valence-corrected chi connectivity index (χ4v) is 5.59. The molecule has 1 fully saturated rings. The van der Waals surface area contributed by atoms with Crippen LogP contribution in [-0.2, 0) is 11.2 Å². The van der Waals surface area contributed by atoms with Gasteiger partial charge in [-0.05, 0) is 61.1 Å². The highest BCUT2D eigenvalue weighted by atomic mass is 35.5. The molecule has 0 spiro atoms. The number of nitrogens with one attached hydrogen (secondary N) is 1. The number of carboxylic acid groups (broad SMARTS) is 1. The Kier molecular flexibility index (Phi) is 5.99. The number of aliphatic carboxylic acids is 1. The van der Waals surface area contributed by atoms with Gasteiger partial charge >= 0.3 is 5.97 Å². The van der Waals surface area contributed by atoms with Crippen molar-refractivity contribution in [2.24, 2.45) is 5.92 Å². The van der Waals surface area contributed by atoms with Gasteiger partial charge in [0.25, 0.3) is 5.89 Å². The van der Waals surface area contributed by atoms with Crippen LogP contribution in [0.4, 0.5) is 0 Å². The Morgan fingerprint density at radius 2 is 1.89 bits per heavy atom. The molecule has 0 aliphatic heterocycles. The van der Waals surface area contributed by atoms with E-state index < -0.39 is 5.97 Å². The highest BCUT2D eigenvalue weighted by Gasteiger charge is 2.36. The van der Waals surface area contributed by atoms with Crippen molar-refractivity contribution in [2.75, 3.05) is 0 Å². The first kappa shape index (κ1) is 23.4. The number of carboxylic acids is 1. The third kappa shape index (κ3) is 4.39. The second kappa shape index (κ2) is 9.47. The maximum atomic E-state index is 11.1. The molecule has 7 nitrogen and oxygen atoms in total. The number of hydrogen-bond acceptors (Lipinski definition) is 6. The monoisotopic (exact) mass is 510 g/mol. The van der Waals surface area contributed by atoms with E-state index in [9.17, 15) is 10.1 Å². The van der Waals surface area contributed by atoms with Crippen LogP contribution in [0.15, 0.2) is 65.2 Å². The molecule has 1 saturated carbocycles. The van der Waals surface area contributed by atoms with E-state index in [1.165, 1.54) is 11.1 Å². The molecule has 2 aliphatic carbocycles. The highest BCUT2D eigenvalue weighted by Crippen LogP contribution is 2.38. The lowest BCUT2D eigenvalue weighted by molar-refractivity contribution is -0.145. The number of fused-ring (bicyclic) bond motifs is 1. The van der Waals surface area contributed by atoms with Crippen molar-refractivity contribution in [3.05, 3.63) is 82.4 Å². The molecule has 2 aliphatic rings. The van der Waals surface area contributed by atoms with Crippen LogP contribution in [0.2, 0.25) is 5.02 Å². The van der Waals surface area contributed by atoms with Gasteiger partial charge in [0.2, 0.25) is 5.82 Å². The lowest BCUT2D eigenvalue weighted by Crippen LogP contribution is -2.45. The molecule has 0 bridgehead atoms. The molecule has 1 heterocycles. The quantitative estimate of drug-likeness (QED) is 0.325. The maximum absolute atomic E-state index is 11.1.